The summed E-state index contributed by atoms with van der Waals surface area (Å²) in [6.45, 7) is 3.54. The Balaban J connectivity index is 2.98. The Morgan fingerprint density at radius 1 is 1.27 bits per heavy atom. The van der Waals surface area contributed by atoms with Gasteiger partial charge in [0.2, 0.25) is 5.78 Å². The zero-order valence-electron chi connectivity index (χ0n) is 6.66. The van der Waals surface area contributed by atoms with E-state index in [0.29, 0.717) is 6.42 Å². The average Bonchev–Trinajstić information content (AvgIpc) is 1.97. The van der Waals surface area contributed by atoms with Crippen LogP contribution >= 0.6 is 0 Å². The highest BCUT2D eigenvalue weighted by atomic mass is 16.3. The maximum atomic E-state index is 11.0. The third kappa shape index (κ3) is 1.23. The minimum absolute atomic E-state index is 0.0947. The standard InChI is InChI=1S/C8H12O3/c1-4-3-5(2)7(10)8(11)6(4)9/h4-5,9,11H,3H2,1-2H3. The molecule has 0 heterocycles. The van der Waals surface area contributed by atoms with Crippen molar-refractivity contribution in [2.75, 3.05) is 0 Å². The van der Waals surface area contributed by atoms with Crippen molar-refractivity contribution >= 4 is 5.78 Å². The average molecular weight is 156 g/mol. The molecule has 0 bridgehead atoms. The lowest BCUT2D eigenvalue weighted by molar-refractivity contribution is -0.123. The van der Waals surface area contributed by atoms with Crippen molar-refractivity contribution in [3.05, 3.63) is 11.5 Å². The van der Waals surface area contributed by atoms with Crippen LogP contribution in [0.25, 0.3) is 0 Å². The van der Waals surface area contributed by atoms with Gasteiger partial charge in [-0.1, -0.05) is 13.8 Å². The molecule has 11 heavy (non-hydrogen) atoms. The molecule has 1 aliphatic carbocycles. The summed E-state index contributed by atoms with van der Waals surface area (Å²) >= 11 is 0. The molecule has 3 heteroatoms. The molecule has 0 spiro atoms. The van der Waals surface area contributed by atoms with Crippen LogP contribution in [-0.4, -0.2) is 16.0 Å². The number of aliphatic hydroxyl groups excluding tert-OH is 2. The van der Waals surface area contributed by atoms with Crippen molar-refractivity contribution in [2.45, 2.75) is 20.3 Å². The quantitative estimate of drug-likeness (QED) is 0.559. The Kier molecular flexibility index (Phi) is 1.89. The van der Waals surface area contributed by atoms with Gasteiger partial charge in [0.25, 0.3) is 0 Å². The number of carbonyl (C=O) groups excluding carboxylic acids is 1. The Morgan fingerprint density at radius 3 is 2.36 bits per heavy atom. The van der Waals surface area contributed by atoms with E-state index in [1.807, 2.05) is 0 Å². The predicted octanol–water partition coefficient (Wildman–Crippen LogP) is 1.56. The second-order valence-corrected chi connectivity index (χ2v) is 3.14. The van der Waals surface area contributed by atoms with E-state index in [-0.39, 0.29) is 23.4 Å². The Hall–Kier alpha value is -0.990. The minimum Gasteiger partial charge on any atom is -0.508 e. The molecule has 62 valence electrons. The lowest BCUT2D eigenvalue weighted by Gasteiger charge is -2.21. The Morgan fingerprint density at radius 2 is 1.82 bits per heavy atom. The van der Waals surface area contributed by atoms with Gasteiger partial charge in [0.15, 0.2) is 5.76 Å². The van der Waals surface area contributed by atoms with Crippen molar-refractivity contribution < 1.29 is 15.0 Å². The molecular formula is C8H12O3. The monoisotopic (exact) mass is 156 g/mol. The van der Waals surface area contributed by atoms with E-state index in [0.717, 1.165) is 0 Å². The molecule has 0 saturated carbocycles. The fourth-order valence-corrected chi connectivity index (χ4v) is 1.34. The molecule has 1 aliphatic rings. The van der Waals surface area contributed by atoms with Gasteiger partial charge in [-0.15, -0.1) is 0 Å². The molecule has 2 atom stereocenters. The fourth-order valence-electron chi connectivity index (χ4n) is 1.34. The first-order valence-electron chi connectivity index (χ1n) is 3.70. The van der Waals surface area contributed by atoms with Crippen molar-refractivity contribution in [2.24, 2.45) is 11.8 Å². The van der Waals surface area contributed by atoms with Crippen molar-refractivity contribution in [3.63, 3.8) is 0 Å². The molecule has 3 nitrogen and oxygen atoms in total. The van der Waals surface area contributed by atoms with E-state index in [9.17, 15) is 4.79 Å². The molecule has 2 unspecified atom stereocenters. The van der Waals surface area contributed by atoms with Crippen LogP contribution in [0.1, 0.15) is 20.3 Å². The van der Waals surface area contributed by atoms with Crippen LogP contribution in [0.2, 0.25) is 0 Å². The van der Waals surface area contributed by atoms with Crippen LogP contribution in [0, 0.1) is 11.8 Å². The highest BCUT2D eigenvalue weighted by molar-refractivity contribution is 5.95. The van der Waals surface area contributed by atoms with Crippen molar-refractivity contribution in [3.8, 4) is 0 Å². The smallest absolute Gasteiger partial charge is 0.203 e. The first-order valence-corrected chi connectivity index (χ1v) is 3.70. The van der Waals surface area contributed by atoms with E-state index in [1.165, 1.54) is 0 Å². The number of Topliss-reactive ketones (excluding diaryl/α,β-unsaturated/α-hetero) is 1. The first kappa shape index (κ1) is 8.11. The van der Waals surface area contributed by atoms with Crippen molar-refractivity contribution in [1.29, 1.82) is 0 Å². The summed E-state index contributed by atoms with van der Waals surface area (Å²) in [6, 6.07) is 0. The highest BCUT2D eigenvalue weighted by Gasteiger charge is 2.30. The molecule has 0 amide bonds. The molecule has 1 rings (SSSR count). The number of allylic oxidation sites excluding steroid dienone is 2. The van der Waals surface area contributed by atoms with Gasteiger partial charge in [-0.25, -0.2) is 0 Å². The lowest BCUT2D eigenvalue weighted by Crippen LogP contribution is -2.25. The van der Waals surface area contributed by atoms with E-state index >= 15 is 0 Å². The van der Waals surface area contributed by atoms with Gasteiger partial charge < -0.3 is 10.2 Å². The second-order valence-electron chi connectivity index (χ2n) is 3.14. The van der Waals surface area contributed by atoms with Gasteiger partial charge in [-0.3, -0.25) is 4.79 Å². The summed E-state index contributed by atoms with van der Waals surface area (Å²) in [4.78, 5) is 11.0. The van der Waals surface area contributed by atoms with Crippen LogP contribution in [-0.2, 0) is 4.79 Å². The van der Waals surface area contributed by atoms with Crippen molar-refractivity contribution in [1.82, 2.24) is 0 Å². The number of hydrogen-bond donors (Lipinski definition) is 2. The van der Waals surface area contributed by atoms with Gasteiger partial charge in [-0.05, 0) is 6.42 Å². The van der Waals surface area contributed by atoms with E-state index in [4.69, 9.17) is 10.2 Å². The third-order valence-electron chi connectivity index (χ3n) is 2.10. The Bertz CT molecular complexity index is 217. The summed E-state index contributed by atoms with van der Waals surface area (Å²) < 4.78 is 0. The molecule has 2 N–H and O–H groups in total. The number of hydrogen-bond acceptors (Lipinski definition) is 3. The van der Waals surface area contributed by atoms with Crippen LogP contribution in [0.3, 0.4) is 0 Å². The molecule has 0 aliphatic heterocycles. The predicted molar refractivity (Wildman–Crippen MR) is 40.2 cm³/mol. The van der Waals surface area contributed by atoms with Crippen LogP contribution in [0.5, 0.6) is 0 Å². The Labute approximate surface area is 65.3 Å². The summed E-state index contributed by atoms with van der Waals surface area (Å²) in [6.07, 6.45) is 0.620. The molecule has 0 aromatic heterocycles. The zero-order chi connectivity index (χ0) is 8.59. The van der Waals surface area contributed by atoms with Gasteiger partial charge in [-0.2, -0.15) is 0 Å². The number of rotatable bonds is 0. The topological polar surface area (TPSA) is 57.5 Å². The fraction of sp³-hybridized carbons (Fsp3) is 0.625. The molecule has 0 saturated heterocycles. The molecule has 0 fully saturated rings. The number of aliphatic hydroxyl groups is 2. The number of ketones is 1. The maximum absolute atomic E-state index is 11.0. The maximum Gasteiger partial charge on any atom is 0.203 e. The van der Waals surface area contributed by atoms with E-state index in [2.05, 4.69) is 0 Å². The van der Waals surface area contributed by atoms with E-state index < -0.39 is 5.76 Å². The number of carbonyl (C=O) groups is 1. The van der Waals surface area contributed by atoms with Crippen LogP contribution < -0.4 is 0 Å². The van der Waals surface area contributed by atoms with Gasteiger partial charge in [0.05, 0.1) is 0 Å². The third-order valence-corrected chi connectivity index (χ3v) is 2.10. The largest absolute Gasteiger partial charge is 0.508 e. The molecule has 0 radical (unpaired) electrons. The summed E-state index contributed by atoms with van der Waals surface area (Å²) in [5.74, 6) is -1.21. The first-order chi connectivity index (χ1) is 5.04. The molecule has 0 aromatic carbocycles. The van der Waals surface area contributed by atoms with E-state index in [1.54, 1.807) is 13.8 Å². The van der Waals surface area contributed by atoms with Gasteiger partial charge in [0.1, 0.15) is 5.76 Å². The summed E-state index contributed by atoms with van der Waals surface area (Å²) in [5.41, 5.74) is 0. The lowest BCUT2D eigenvalue weighted by atomic mass is 9.85. The van der Waals surface area contributed by atoms with Crippen LogP contribution in [0.4, 0.5) is 0 Å². The van der Waals surface area contributed by atoms with Crippen LogP contribution in [0.15, 0.2) is 11.5 Å². The SMILES string of the molecule is CC1CC(C)C(O)=C(O)C1=O. The second kappa shape index (κ2) is 2.57. The summed E-state index contributed by atoms with van der Waals surface area (Å²) in [7, 11) is 0. The van der Waals surface area contributed by atoms with Gasteiger partial charge in [0, 0.05) is 11.8 Å². The normalized spacial score (nSPS) is 32.7. The zero-order valence-corrected chi connectivity index (χ0v) is 6.66. The highest BCUT2D eigenvalue weighted by Crippen LogP contribution is 2.27. The minimum atomic E-state index is -0.448. The molecule has 0 aromatic rings. The summed E-state index contributed by atoms with van der Waals surface area (Å²) in [5, 5.41) is 18.2. The molecular weight excluding hydrogens is 144 g/mol. The van der Waals surface area contributed by atoms with Gasteiger partial charge >= 0.3 is 0 Å².